The number of amides is 1. The highest BCUT2D eigenvalue weighted by Gasteiger charge is 2.09. The van der Waals surface area contributed by atoms with Crippen molar-refractivity contribution in [3.63, 3.8) is 0 Å². The predicted molar refractivity (Wildman–Crippen MR) is 49.2 cm³/mol. The second kappa shape index (κ2) is 6.49. The minimum atomic E-state index is -0.0916. The Labute approximate surface area is 72.1 Å². The average Bonchev–Trinajstić information content (AvgIpc) is 2.03. The Morgan fingerprint density at radius 1 is 1.73 bits per heavy atom. The summed E-state index contributed by atoms with van der Waals surface area (Å²) in [6, 6.07) is 0. The van der Waals surface area contributed by atoms with Crippen LogP contribution in [0, 0.1) is 0 Å². The lowest BCUT2D eigenvalue weighted by atomic mass is 10.4. The van der Waals surface area contributed by atoms with E-state index in [4.69, 9.17) is 5.84 Å². The molecular formula is C7H16N2OS. The molecule has 0 saturated carbocycles. The lowest BCUT2D eigenvalue weighted by Gasteiger charge is -2.07. The van der Waals surface area contributed by atoms with Crippen molar-refractivity contribution in [2.45, 2.75) is 31.9 Å². The summed E-state index contributed by atoms with van der Waals surface area (Å²) in [7, 11) is 0. The first-order valence-corrected chi connectivity index (χ1v) is 4.89. The summed E-state index contributed by atoms with van der Waals surface area (Å²) >= 11 is 1.64. The Balaban J connectivity index is 3.36. The second-order valence-electron chi connectivity index (χ2n) is 2.38. The molecule has 3 nitrogen and oxygen atoms in total. The van der Waals surface area contributed by atoms with E-state index in [2.05, 4.69) is 12.3 Å². The maximum atomic E-state index is 10.8. The van der Waals surface area contributed by atoms with E-state index in [-0.39, 0.29) is 11.2 Å². The van der Waals surface area contributed by atoms with Gasteiger partial charge in [0, 0.05) is 0 Å². The molecule has 0 aliphatic rings. The van der Waals surface area contributed by atoms with Crippen molar-refractivity contribution in [1.82, 2.24) is 5.43 Å². The molecular weight excluding hydrogens is 160 g/mol. The van der Waals surface area contributed by atoms with Crippen LogP contribution in [0.2, 0.25) is 0 Å². The maximum Gasteiger partial charge on any atom is 0.246 e. The normalized spacial score (nSPS) is 12.6. The first-order chi connectivity index (χ1) is 5.22. The summed E-state index contributed by atoms with van der Waals surface area (Å²) in [5, 5.41) is -0.0217. The van der Waals surface area contributed by atoms with E-state index in [1.54, 1.807) is 11.8 Å². The minimum absolute atomic E-state index is 0.0217. The Morgan fingerprint density at radius 2 is 2.36 bits per heavy atom. The van der Waals surface area contributed by atoms with Gasteiger partial charge in [0.25, 0.3) is 0 Å². The number of hydrogen-bond donors (Lipinski definition) is 2. The molecule has 11 heavy (non-hydrogen) atoms. The van der Waals surface area contributed by atoms with E-state index < -0.39 is 0 Å². The molecule has 0 rings (SSSR count). The van der Waals surface area contributed by atoms with E-state index in [0.717, 1.165) is 12.2 Å². The van der Waals surface area contributed by atoms with Crippen LogP contribution < -0.4 is 11.3 Å². The molecule has 0 spiro atoms. The van der Waals surface area contributed by atoms with Gasteiger partial charge in [-0.25, -0.2) is 5.84 Å². The van der Waals surface area contributed by atoms with Crippen LogP contribution in [0.4, 0.5) is 0 Å². The van der Waals surface area contributed by atoms with Crippen molar-refractivity contribution in [2.75, 3.05) is 5.75 Å². The molecule has 66 valence electrons. The second-order valence-corrected chi connectivity index (χ2v) is 3.82. The molecule has 0 aliphatic carbocycles. The summed E-state index contributed by atoms with van der Waals surface area (Å²) in [6.45, 7) is 4.00. The number of unbranched alkanes of at least 4 members (excludes halogenated alkanes) is 1. The Hall–Kier alpha value is -0.220. The molecule has 0 aromatic carbocycles. The van der Waals surface area contributed by atoms with Gasteiger partial charge in [-0.2, -0.15) is 0 Å². The number of carbonyl (C=O) groups is 1. The summed E-state index contributed by atoms with van der Waals surface area (Å²) < 4.78 is 0. The van der Waals surface area contributed by atoms with Crippen LogP contribution in [0.15, 0.2) is 0 Å². The van der Waals surface area contributed by atoms with E-state index in [1.165, 1.54) is 6.42 Å². The van der Waals surface area contributed by atoms with Crippen molar-refractivity contribution in [1.29, 1.82) is 0 Å². The Morgan fingerprint density at radius 3 is 2.82 bits per heavy atom. The van der Waals surface area contributed by atoms with Crippen LogP contribution in [0.1, 0.15) is 26.7 Å². The van der Waals surface area contributed by atoms with Gasteiger partial charge in [0.15, 0.2) is 0 Å². The third kappa shape index (κ3) is 5.09. The molecule has 0 saturated heterocycles. The van der Waals surface area contributed by atoms with Gasteiger partial charge in [0.1, 0.15) is 0 Å². The van der Waals surface area contributed by atoms with Crippen LogP contribution in [-0.4, -0.2) is 16.9 Å². The summed E-state index contributed by atoms with van der Waals surface area (Å²) in [4.78, 5) is 10.8. The lowest BCUT2D eigenvalue weighted by molar-refractivity contribution is -0.120. The number of hydrazine groups is 1. The third-order valence-electron chi connectivity index (χ3n) is 1.38. The molecule has 0 fully saturated rings. The zero-order chi connectivity index (χ0) is 8.69. The first kappa shape index (κ1) is 10.8. The largest absolute Gasteiger partial charge is 0.293 e. The van der Waals surface area contributed by atoms with E-state index in [9.17, 15) is 4.79 Å². The van der Waals surface area contributed by atoms with Gasteiger partial charge in [0.05, 0.1) is 5.25 Å². The number of nitrogens with one attached hydrogen (secondary N) is 1. The summed E-state index contributed by atoms with van der Waals surface area (Å²) in [5.41, 5.74) is 2.13. The minimum Gasteiger partial charge on any atom is -0.293 e. The highest BCUT2D eigenvalue weighted by atomic mass is 32.2. The van der Waals surface area contributed by atoms with Gasteiger partial charge in [-0.3, -0.25) is 10.2 Å². The van der Waals surface area contributed by atoms with Gasteiger partial charge in [0.2, 0.25) is 5.91 Å². The fraction of sp³-hybridized carbons (Fsp3) is 0.857. The van der Waals surface area contributed by atoms with Crippen LogP contribution in [0.5, 0.6) is 0 Å². The standard InChI is InChI=1S/C7H16N2OS/c1-3-4-5-11-6(2)7(10)9-8/h6H,3-5,8H2,1-2H3,(H,9,10). The zero-order valence-electron chi connectivity index (χ0n) is 7.09. The molecule has 1 atom stereocenters. The quantitative estimate of drug-likeness (QED) is 0.283. The monoisotopic (exact) mass is 176 g/mol. The molecule has 4 heteroatoms. The SMILES string of the molecule is CCCCSC(C)C(=O)NN. The summed E-state index contributed by atoms with van der Waals surface area (Å²) in [6.07, 6.45) is 2.33. The molecule has 0 heterocycles. The Kier molecular flexibility index (Phi) is 6.36. The van der Waals surface area contributed by atoms with E-state index in [0.29, 0.717) is 0 Å². The molecule has 0 bridgehead atoms. The predicted octanol–water partition coefficient (Wildman–Crippen LogP) is 0.898. The van der Waals surface area contributed by atoms with Crippen LogP contribution in [-0.2, 0) is 4.79 Å². The van der Waals surface area contributed by atoms with Crippen LogP contribution in [0.3, 0.4) is 0 Å². The van der Waals surface area contributed by atoms with Gasteiger partial charge < -0.3 is 0 Å². The lowest BCUT2D eigenvalue weighted by Crippen LogP contribution is -2.36. The number of carbonyl (C=O) groups excluding carboxylic acids is 1. The highest BCUT2D eigenvalue weighted by Crippen LogP contribution is 2.11. The number of nitrogens with two attached hydrogens (primary N) is 1. The van der Waals surface area contributed by atoms with Gasteiger partial charge in [-0.15, -0.1) is 11.8 Å². The molecule has 1 amide bonds. The average molecular weight is 176 g/mol. The van der Waals surface area contributed by atoms with Gasteiger partial charge in [-0.05, 0) is 19.1 Å². The van der Waals surface area contributed by atoms with Crippen molar-refractivity contribution in [3.05, 3.63) is 0 Å². The topological polar surface area (TPSA) is 55.1 Å². The number of thioether (sulfide) groups is 1. The fourth-order valence-electron chi connectivity index (χ4n) is 0.597. The Bertz CT molecular complexity index is 119. The van der Waals surface area contributed by atoms with Crippen LogP contribution >= 0.6 is 11.8 Å². The van der Waals surface area contributed by atoms with E-state index in [1.807, 2.05) is 6.92 Å². The smallest absolute Gasteiger partial charge is 0.246 e. The van der Waals surface area contributed by atoms with Crippen molar-refractivity contribution in [2.24, 2.45) is 5.84 Å². The van der Waals surface area contributed by atoms with Crippen molar-refractivity contribution in [3.8, 4) is 0 Å². The van der Waals surface area contributed by atoms with Crippen molar-refractivity contribution >= 4 is 17.7 Å². The molecule has 3 N–H and O–H groups in total. The molecule has 0 aromatic rings. The van der Waals surface area contributed by atoms with Gasteiger partial charge in [-0.1, -0.05) is 13.3 Å². The van der Waals surface area contributed by atoms with Crippen molar-refractivity contribution < 1.29 is 4.79 Å². The number of rotatable bonds is 5. The third-order valence-corrected chi connectivity index (χ3v) is 2.62. The molecule has 1 unspecified atom stereocenters. The van der Waals surface area contributed by atoms with E-state index >= 15 is 0 Å². The maximum absolute atomic E-state index is 10.8. The molecule has 0 aromatic heterocycles. The molecule has 0 radical (unpaired) electrons. The molecule has 0 aliphatic heterocycles. The van der Waals surface area contributed by atoms with Gasteiger partial charge >= 0.3 is 0 Å². The fourth-order valence-corrected chi connectivity index (χ4v) is 1.63. The highest BCUT2D eigenvalue weighted by molar-refractivity contribution is 8.00. The first-order valence-electron chi connectivity index (χ1n) is 3.84. The summed E-state index contributed by atoms with van der Waals surface area (Å²) in [5.74, 6) is 5.91. The number of hydrogen-bond acceptors (Lipinski definition) is 3. The zero-order valence-corrected chi connectivity index (χ0v) is 7.91. The van der Waals surface area contributed by atoms with Crippen LogP contribution in [0.25, 0.3) is 0 Å².